The summed E-state index contributed by atoms with van der Waals surface area (Å²) in [7, 11) is 0. The van der Waals surface area contributed by atoms with Crippen LogP contribution in [-0.4, -0.2) is 34.2 Å². The molecule has 0 aliphatic carbocycles. The van der Waals surface area contributed by atoms with Gasteiger partial charge < -0.3 is 11.1 Å². The number of nitrogens with two attached hydrogens (primary N) is 1. The zero-order chi connectivity index (χ0) is 14.9. The average Bonchev–Trinajstić information content (AvgIpc) is 2.72. The zero-order valence-corrected chi connectivity index (χ0v) is 13.6. The summed E-state index contributed by atoms with van der Waals surface area (Å²) in [5.41, 5.74) is 8.47. The first-order chi connectivity index (χ1) is 9.45. The number of carbonyl (C=O) groups excluding carboxylic acids is 1. The zero-order valence-electron chi connectivity index (χ0n) is 12.0. The number of nitrogens with one attached hydrogen (secondary N) is 1. The molecule has 0 radical (unpaired) electrons. The van der Waals surface area contributed by atoms with E-state index >= 15 is 0 Å². The molecule has 7 heteroatoms. The van der Waals surface area contributed by atoms with Gasteiger partial charge in [-0.25, -0.2) is 0 Å². The standard InChI is InChI=1S/C13H18N4OS2/c1-6(5-19-4)15-12(18)11-10(14)9-7(2)8(3)16-17-13(9)20-11/h6H,5,14H2,1-4H3,(H,15,18). The van der Waals surface area contributed by atoms with Crippen molar-refractivity contribution in [3.63, 3.8) is 0 Å². The lowest BCUT2D eigenvalue weighted by Gasteiger charge is -2.11. The predicted octanol–water partition coefficient (Wildman–Crippen LogP) is 2.37. The summed E-state index contributed by atoms with van der Waals surface area (Å²) >= 11 is 2.99. The van der Waals surface area contributed by atoms with Crippen molar-refractivity contribution in [2.75, 3.05) is 17.7 Å². The van der Waals surface area contributed by atoms with E-state index in [4.69, 9.17) is 5.73 Å². The average molecular weight is 310 g/mol. The molecule has 1 unspecified atom stereocenters. The molecular weight excluding hydrogens is 292 g/mol. The van der Waals surface area contributed by atoms with Crippen LogP contribution in [0.4, 0.5) is 5.69 Å². The number of aromatic nitrogens is 2. The van der Waals surface area contributed by atoms with Gasteiger partial charge in [0, 0.05) is 17.2 Å². The van der Waals surface area contributed by atoms with Crippen molar-refractivity contribution in [1.29, 1.82) is 0 Å². The number of nitrogen functional groups attached to an aromatic ring is 1. The summed E-state index contributed by atoms with van der Waals surface area (Å²) in [6.07, 6.45) is 2.01. The fraction of sp³-hybridized carbons (Fsp3) is 0.462. The first kappa shape index (κ1) is 15.1. The van der Waals surface area contributed by atoms with Crippen LogP contribution < -0.4 is 11.1 Å². The normalized spacial score (nSPS) is 12.6. The lowest BCUT2D eigenvalue weighted by Crippen LogP contribution is -2.34. The molecule has 108 valence electrons. The van der Waals surface area contributed by atoms with E-state index in [1.807, 2.05) is 27.0 Å². The Bertz CT molecular complexity index is 653. The minimum Gasteiger partial charge on any atom is -0.397 e. The number of thiophene rings is 1. The Kier molecular flexibility index (Phi) is 4.49. The van der Waals surface area contributed by atoms with Crippen molar-refractivity contribution in [3.05, 3.63) is 16.1 Å². The molecule has 0 saturated heterocycles. The number of hydrogen-bond acceptors (Lipinski definition) is 6. The minimum absolute atomic E-state index is 0.107. The van der Waals surface area contributed by atoms with E-state index in [1.54, 1.807) is 11.8 Å². The molecule has 3 N–H and O–H groups in total. The largest absolute Gasteiger partial charge is 0.397 e. The Labute approximate surface area is 126 Å². The van der Waals surface area contributed by atoms with Crippen molar-refractivity contribution >= 4 is 44.9 Å². The highest BCUT2D eigenvalue weighted by molar-refractivity contribution is 7.98. The van der Waals surface area contributed by atoms with Crippen LogP contribution in [0.15, 0.2) is 0 Å². The van der Waals surface area contributed by atoms with Crippen LogP contribution in [0.2, 0.25) is 0 Å². The minimum atomic E-state index is -0.135. The van der Waals surface area contributed by atoms with Gasteiger partial charge in [-0.15, -0.1) is 16.4 Å². The van der Waals surface area contributed by atoms with Crippen molar-refractivity contribution in [1.82, 2.24) is 15.5 Å². The van der Waals surface area contributed by atoms with Crippen LogP contribution in [0.3, 0.4) is 0 Å². The Morgan fingerprint density at radius 2 is 2.15 bits per heavy atom. The second kappa shape index (κ2) is 5.97. The molecular formula is C13H18N4OS2. The SMILES string of the molecule is CSCC(C)NC(=O)c1sc2nnc(C)c(C)c2c1N. The van der Waals surface area contributed by atoms with E-state index in [0.717, 1.165) is 22.4 Å². The molecule has 2 aromatic rings. The van der Waals surface area contributed by atoms with Crippen LogP contribution >= 0.6 is 23.1 Å². The number of nitrogens with zero attached hydrogens (tertiary/aromatic N) is 2. The summed E-state index contributed by atoms with van der Waals surface area (Å²) in [4.78, 5) is 13.5. The van der Waals surface area contributed by atoms with Crippen molar-refractivity contribution in [3.8, 4) is 0 Å². The summed E-state index contributed by atoms with van der Waals surface area (Å²) in [5.74, 6) is 0.734. The highest BCUT2D eigenvalue weighted by Crippen LogP contribution is 2.34. The molecule has 2 rings (SSSR count). The molecule has 0 spiro atoms. The van der Waals surface area contributed by atoms with Gasteiger partial charge in [0.25, 0.3) is 5.91 Å². The number of thioether (sulfide) groups is 1. The van der Waals surface area contributed by atoms with E-state index < -0.39 is 0 Å². The van der Waals surface area contributed by atoms with Gasteiger partial charge >= 0.3 is 0 Å². The number of hydrogen-bond donors (Lipinski definition) is 2. The second-order valence-electron chi connectivity index (χ2n) is 4.77. The molecule has 1 amide bonds. The van der Waals surface area contributed by atoms with Gasteiger partial charge in [-0.3, -0.25) is 4.79 Å². The topological polar surface area (TPSA) is 80.9 Å². The summed E-state index contributed by atoms with van der Waals surface area (Å²) in [6, 6.07) is 0.107. The number of anilines is 1. The molecule has 5 nitrogen and oxygen atoms in total. The molecule has 0 aliphatic heterocycles. The lowest BCUT2D eigenvalue weighted by molar-refractivity contribution is 0.0948. The van der Waals surface area contributed by atoms with E-state index in [9.17, 15) is 4.79 Å². The number of amides is 1. The van der Waals surface area contributed by atoms with Gasteiger partial charge in [-0.1, -0.05) is 0 Å². The Morgan fingerprint density at radius 3 is 2.80 bits per heavy atom. The van der Waals surface area contributed by atoms with E-state index in [2.05, 4.69) is 15.5 Å². The molecule has 0 fully saturated rings. The van der Waals surface area contributed by atoms with Crippen LogP contribution in [-0.2, 0) is 0 Å². The molecule has 0 saturated carbocycles. The van der Waals surface area contributed by atoms with Crippen molar-refractivity contribution in [2.45, 2.75) is 26.8 Å². The van der Waals surface area contributed by atoms with E-state index in [-0.39, 0.29) is 11.9 Å². The third-order valence-corrected chi connectivity index (χ3v) is 5.06. The predicted molar refractivity (Wildman–Crippen MR) is 86.6 cm³/mol. The third-order valence-electron chi connectivity index (χ3n) is 3.14. The molecule has 0 bridgehead atoms. The fourth-order valence-electron chi connectivity index (χ4n) is 1.99. The van der Waals surface area contributed by atoms with Crippen molar-refractivity contribution < 1.29 is 4.79 Å². The van der Waals surface area contributed by atoms with Crippen LogP contribution in [0.5, 0.6) is 0 Å². The van der Waals surface area contributed by atoms with Gasteiger partial charge in [0.2, 0.25) is 0 Å². The van der Waals surface area contributed by atoms with E-state index in [0.29, 0.717) is 15.4 Å². The maximum atomic E-state index is 12.3. The third kappa shape index (κ3) is 2.73. The number of aryl methyl sites for hydroxylation is 2. The maximum absolute atomic E-state index is 12.3. The van der Waals surface area contributed by atoms with Crippen molar-refractivity contribution in [2.24, 2.45) is 0 Å². The number of fused-ring (bicyclic) bond motifs is 1. The fourth-order valence-corrected chi connectivity index (χ4v) is 3.58. The number of rotatable bonds is 4. The first-order valence-corrected chi connectivity index (χ1v) is 8.48. The van der Waals surface area contributed by atoms with E-state index in [1.165, 1.54) is 11.3 Å². The summed E-state index contributed by atoms with van der Waals surface area (Å²) in [6.45, 7) is 5.82. The Morgan fingerprint density at radius 1 is 1.45 bits per heavy atom. The van der Waals surface area contributed by atoms with Crippen LogP contribution in [0.1, 0.15) is 27.9 Å². The smallest absolute Gasteiger partial charge is 0.263 e. The van der Waals surface area contributed by atoms with Gasteiger partial charge in [-0.05, 0) is 32.6 Å². The first-order valence-electron chi connectivity index (χ1n) is 6.27. The van der Waals surface area contributed by atoms with Gasteiger partial charge in [-0.2, -0.15) is 16.9 Å². The lowest BCUT2D eigenvalue weighted by atomic mass is 10.1. The Balaban J connectivity index is 2.38. The molecule has 0 aromatic carbocycles. The van der Waals surface area contributed by atoms with Crippen LogP contribution in [0.25, 0.3) is 10.2 Å². The Hall–Kier alpha value is -1.34. The molecule has 2 heterocycles. The molecule has 0 aliphatic rings. The molecule has 1 atom stereocenters. The molecule has 2 aromatic heterocycles. The van der Waals surface area contributed by atoms with Gasteiger partial charge in [0.1, 0.15) is 9.71 Å². The molecule has 20 heavy (non-hydrogen) atoms. The maximum Gasteiger partial charge on any atom is 0.263 e. The van der Waals surface area contributed by atoms with Gasteiger partial charge in [0.05, 0.1) is 11.4 Å². The quantitative estimate of drug-likeness (QED) is 0.906. The highest BCUT2D eigenvalue weighted by Gasteiger charge is 2.20. The second-order valence-corrected chi connectivity index (χ2v) is 6.68. The monoisotopic (exact) mass is 310 g/mol. The summed E-state index contributed by atoms with van der Waals surface area (Å²) < 4.78 is 0. The van der Waals surface area contributed by atoms with Gasteiger partial charge in [0.15, 0.2) is 0 Å². The highest BCUT2D eigenvalue weighted by atomic mass is 32.2. The number of carbonyl (C=O) groups is 1. The van der Waals surface area contributed by atoms with Crippen LogP contribution in [0, 0.1) is 13.8 Å². The summed E-state index contributed by atoms with van der Waals surface area (Å²) in [5, 5.41) is 12.0.